The van der Waals surface area contributed by atoms with Gasteiger partial charge in [0.2, 0.25) is 5.91 Å². The smallest absolute Gasteiger partial charge is 0.223 e. The Bertz CT molecular complexity index is 730. The normalized spacial score (nSPS) is 24.0. The number of rotatable bonds is 4. The lowest BCUT2D eigenvalue weighted by Crippen LogP contribution is -2.57. The molecule has 1 heterocycles. The topological polar surface area (TPSA) is 66.5 Å². The van der Waals surface area contributed by atoms with E-state index in [1.165, 1.54) is 5.56 Å². The predicted octanol–water partition coefficient (Wildman–Crippen LogP) is 1.55. The number of amides is 1. The zero-order chi connectivity index (χ0) is 17.3. The molecule has 1 aromatic carbocycles. The van der Waals surface area contributed by atoms with E-state index in [1.54, 1.807) is 17.0 Å². The second-order valence-electron chi connectivity index (χ2n) is 6.92. The highest BCUT2D eigenvalue weighted by molar-refractivity contribution is 7.91. The maximum absolute atomic E-state index is 12.6. The van der Waals surface area contributed by atoms with E-state index < -0.39 is 9.84 Å². The van der Waals surface area contributed by atoms with Crippen LogP contribution in [0.25, 0.3) is 0 Å². The molecule has 1 amide bonds. The number of aryl methyl sites for hydroxylation is 2. The molecule has 0 saturated carbocycles. The first kappa shape index (κ1) is 17.4. The van der Waals surface area contributed by atoms with Gasteiger partial charge in [0.1, 0.15) is 0 Å². The van der Waals surface area contributed by atoms with Gasteiger partial charge >= 0.3 is 0 Å². The summed E-state index contributed by atoms with van der Waals surface area (Å²) < 4.78 is 25.2. The first-order chi connectivity index (χ1) is 11.4. The fourth-order valence-electron chi connectivity index (χ4n) is 3.63. The monoisotopic (exact) mass is 350 g/mol. The van der Waals surface area contributed by atoms with E-state index in [-0.39, 0.29) is 30.2 Å². The van der Waals surface area contributed by atoms with Crippen LogP contribution in [0, 0.1) is 0 Å². The predicted molar refractivity (Wildman–Crippen MR) is 93.8 cm³/mol. The zero-order valence-electron chi connectivity index (χ0n) is 14.4. The quantitative estimate of drug-likeness (QED) is 0.895. The summed E-state index contributed by atoms with van der Waals surface area (Å²) in [5.74, 6) is -0.184. The Morgan fingerprint density at radius 2 is 2.00 bits per heavy atom. The molecular weight excluding hydrogens is 324 g/mol. The van der Waals surface area contributed by atoms with Crippen molar-refractivity contribution < 1.29 is 13.2 Å². The second kappa shape index (κ2) is 6.84. The van der Waals surface area contributed by atoms with Crippen molar-refractivity contribution in [2.75, 3.05) is 18.8 Å². The van der Waals surface area contributed by atoms with Gasteiger partial charge in [-0.25, -0.2) is 8.42 Å². The number of hydrogen-bond acceptors (Lipinski definition) is 4. The minimum atomic E-state index is -3.41. The average Bonchev–Trinajstić information content (AvgIpc) is 3.03. The van der Waals surface area contributed by atoms with Crippen LogP contribution in [-0.4, -0.2) is 50.2 Å². The fraction of sp³-hybridized carbons (Fsp3) is 0.611. The molecule has 2 aliphatic rings. The van der Waals surface area contributed by atoms with Crippen LogP contribution in [0.15, 0.2) is 23.1 Å². The summed E-state index contributed by atoms with van der Waals surface area (Å²) in [5.41, 5.74) is 2.40. The van der Waals surface area contributed by atoms with Crippen molar-refractivity contribution in [2.45, 2.75) is 56.5 Å². The maximum Gasteiger partial charge on any atom is 0.223 e. The Balaban J connectivity index is 1.66. The number of piperazine rings is 1. The van der Waals surface area contributed by atoms with Gasteiger partial charge < -0.3 is 10.2 Å². The van der Waals surface area contributed by atoms with Crippen LogP contribution >= 0.6 is 0 Å². The van der Waals surface area contributed by atoms with E-state index in [1.807, 2.05) is 19.9 Å². The molecule has 2 atom stereocenters. The van der Waals surface area contributed by atoms with Crippen molar-refractivity contribution in [2.24, 2.45) is 0 Å². The number of sulfone groups is 1. The summed E-state index contributed by atoms with van der Waals surface area (Å²) >= 11 is 0. The number of carbonyl (C=O) groups is 1. The summed E-state index contributed by atoms with van der Waals surface area (Å²) in [6.07, 6.45) is 3.13. The molecule has 1 aliphatic heterocycles. The molecule has 1 N–H and O–H groups in total. The fourth-order valence-corrected chi connectivity index (χ4v) is 4.91. The van der Waals surface area contributed by atoms with Gasteiger partial charge in [-0.3, -0.25) is 4.79 Å². The van der Waals surface area contributed by atoms with Crippen molar-refractivity contribution in [3.8, 4) is 0 Å². The van der Waals surface area contributed by atoms with Crippen molar-refractivity contribution in [3.05, 3.63) is 29.3 Å². The molecule has 6 heteroatoms. The lowest BCUT2D eigenvalue weighted by atomic mass is 10.1. The molecule has 0 spiro atoms. The molecule has 24 heavy (non-hydrogen) atoms. The summed E-state index contributed by atoms with van der Waals surface area (Å²) in [6.45, 7) is 5.45. The number of hydrogen-bond donors (Lipinski definition) is 1. The third kappa shape index (κ3) is 3.49. The molecule has 0 bridgehead atoms. The third-order valence-corrected chi connectivity index (χ3v) is 7.08. The van der Waals surface area contributed by atoms with Gasteiger partial charge in [0, 0.05) is 31.6 Å². The molecule has 2 unspecified atom stereocenters. The Morgan fingerprint density at radius 1 is 1.25 bits per heavy atom. The first-order valence-corrected chi connectivity index (χ1v) is 10.4. The van der Waals surface area contributed by atoms with E-state index in [2.05, 4.69) is 5.32 Å². The lowest BCUT2D eigenvalue weighted by molar-refractivity contribution is -0.134. The Kier molecular flexibility index (Phi) is 4.97. The molecule has 1 aromatic rings. The number of benzene rings is 1. The highest BCUT2D eigenvalue weighted by Crippen LogP contribution is 2.25. The highest BCUT2D eigenvalue weighted by atomic mass is 32.2. The molecule has 0 aromatic heterocycles. The van der Waals surface area contributed by atoms with Crippen molar-refractivity contribution in [1.29, 1.82) is 0 Å². The molecule has 3 rings (SSSR count). The minimum absolute atomic E-state index is 0.0521. The molecule has 1 aliphatic carbocycles. The van der Waals surface area contributed by atoms with Crippen molar-refractivity contribution in [3.63, 3.8) is 0 Å². The summed E-state index contributed by atoms with van der Waals surface area (Å²) in [6, 6.07) is 5.75. The van der Waals surface area contributed by atoms with Gasteiger partial charge in [-0.2, -0.15) is 0 Å². The van der Waals surface area contributed by atoms with Crippen LogP contribution in [-0.2, 0) is 27.5 Å². The van der Waals surface area contributed by atoms with E-state index >= 15 is 0 Å². The van der Waals surface area contributed by atoms with E-state index in [0.717, 1.165) is 31.4 Å². The highest BCUT2D eigenvalue weighted by Gasteiger charge is 2.29. The second-order valence-corrected chi connectivity index (χ2v) is 9.03. The average molecular weight is 350 g/mol. The molecular formula is C18H26N2O3S. The first-order valence-electron chi connectivity index (χ1n) is 8.76. The summed E-state index contributed by atoms with van der Waals surface area (Å²) in [5, 5.41) is 3.33. The largest absolute Gasteiger partial charge is 0.337 e. The number of fused-ring (bicyclic) bond motifs is 1. The van der Waals surface area contributed by atoms with Gasteiger partial charge in [-0.1, -0.05) is 6.07 Å². The van der Waals surface area contributed by atoms with Crippen LogP contribution in [0.4, 0.5) is 0 Å². The molecule has 1 saturated heterocycles. The summed E-state index contributed by atoms with van der Waals surface area (Å²) in [4.78, 5) is 14.6. The Labute approximate surface area is 144 Å². The molecule has 132 valence electrons. The van der Waals surface area contributed by atoms with E-state index in [0.29, 0.717) is 11.4 Å². The van der Waals surface area contributed by atoms with Gasteiger partial charge in [0.15, 0.2) is 9.84 Å². The standard InChI is InChI=1S/C18H26N2O3S/c1-13-14(2)20(10-9-19-13)18(21)8-11-24(22,23)17-7-6-15-4-3-5-16(15)12-17/h6-7,12-14,19H,3-5,8-11H2,1-2H3. The number of nitrogens with zero attached hydrogens (tertiary/aromatic N) is 1. The van der Waals surface area contributed by atoms with Crippen LogP contribution < -0.4 is 5.32 Å². The minimum Gasteiger partial charge on any atom is -0.337 e. The van der Waals surface area contributed by atoms with Crippen molar-refractivity contribution >= 4 is 15.7 Å². The number of carbonyl (C=O) groups excluding carboxylic acids is 1. The lowest BCUT2D eigenvalue weighted by Gasteiger charge is -2.38. The molecule has 1 fully saturated rings. The van der Waals surface area contributed by atoms with Gasteiger partial charge in [-0.15, -0.1) is 0 Å². The van der Waals surface area contributed by atoms with Gasteiger partial charge in [0.25, 0.3) is 0 Å². The summed E-state index contributed by atoms with van der Waals surface area (Å²) in [7, 11) is -3.41. The van der Waals surface area contributed by atoms with Crippen LogP contribution in [0.1, 0.15) is 37.8 Å². The van der Waals surface area contributed by atoms with Gasteiger partial charge in [-0.05, 0) is 56.4 Å². The zero-order valence-corrected chi connectivity index (χ0v) is 15.2. The number of nitrogens with one attached hydrogen (secondary N) is 1. The Hall–Kier alpha value is -1.40. The van der Waals surface area contributed by atoms with Crippen molar-refractivity contribution in [1.82, 2.24) is 10.2 Å². The van der Waals surface area contributed by atoms with Crippen LogP contribution in [0.5, 0.6) is 0 Å². The van der Waals surface area contributed by atoms with E-state index in [9.17, 15) is 13.2 Å². The molecule has 0 radical (unpaired) electrons. The molecule has 5 nitrogen and oxygen atoms in total. The SMILES string of the molecule is CC1NCCN(C(=O)CCS(=O)(=O)c2ccc3c(c2)CCC3)C1C. The van der Waals surface area contributed by atoms with E-state index in [4.69, 9.17) is 0 Å². The van der Waals surface area contributed by atoms with Crippen LogP contribution in [0.3, 0.4) is 0 Å². The third-order valence-electron chi connectivity index (χ3n) is 5.37. The van der Waals surface area contributed by atoms with Gasteiger partial charge in [0.05, 0.1) is 10.6 Å². The van der Waals surface area contributed by atoms with Crippen LogP contribution in [0.2, 0.25) is 0 Å². The maximum atomic E-state index is 12.6. The Morgan fingerprint density at radius 3 is 2.79 bits per heavy atom.